The van der Waals surface area contributed by atoms with Gasteiger partial charge < -0.3 is 20.3 Å². The molecule has 0 atom stereocenters. The standard InChI is InChI=1S/C15H10Br2N2O7/c16-10-3-7(19(24)25)4-11(17)14(10)18-13(22)6-26-15(23)9-2-1-8(20)5-12(9)21/h1-5,20-21H,6H2,(H,18,22). The van der Waals surface area contributed by atoms with Gasteiger partial charge in [-0.1, -0.05) is 0 Å². The lowest BCUT2D eigenvalue weighted by molar-refractivity contribution is -0.385. The average Bonchev–Trinajstić information content (AvgIpc) is 2.55. The molecule has 2 rings (SSSR count). The number of carbonyl (C=O) groups excluding carboxylic acids is 2. The van der Waals surface area contributed by atoms with E-state index in [1.54, 1.807) is 0 Å². The van der Waals surface area contributed by atoms with Crippen LogP contribution >= 0.6 is 31.9 Å². The fourth-order valence-corrected chi connectivity index (χ4v) is 3.22. The summed E-state index contributed by atoms with van der Waals surface area (Å²) in [6.07, 6.45) is 0. The molecule has 0 spiro atoms. The minimum absolute atomic E-state index is 0.184. The van der Waals surface area contributed by atoms with E-state index in [-0.39, 0.29) is 31.6 Å². The van der Waals surface area contributed by atoms with E-state index >= 15 is 0 Å². The Morgan fingerprint density at radius 3 is 2.31 bits per heavy atom. The lowest BCUT2D eigenvalue weighted by Gasteiger charge is -2.10. The van der Waals surface area contributed by atoms with Crippen LogP contribution in [0.1, 0.15) is 10.4 Å². The maximum absolute atomic E-state index is 11.9. The molecule has 0 saturated heterocycles. The summed E-state index contributed by atoms with van der Waals surface area (Å²) in [5.41, 5.74) is -0.173. The fourth-order valence-electron chi connectivity index (χ4n) is 1.86. The van der Waals surface area contributed by atoms with Crippen LogP contribution in [0.2, 0.25) is 0 Å². The van der Waals surface area contributed by atoms with Crippen molar-refractivity contribution in [3.05, 3.63) is 55.0 Å². The number of anilines is 1. The number of phenols is 2. The summed E-state index contributed by atoms with van der Waals surface area (Å²) in [4.78, 5) is 34.0. The van der Waals surface area contributed by atoms with Crippen LogP contribution < -0.4 is 5.32 Å². The third-order valence-corrected chi connectivity index (χ3v) is 4.29. The van der Waals surface area contributed by atoms with E-state index in [1.165, 1.54) is 18.2 Å². The van der Waals surface area contributed by atoms with Gasteiger partial charge in [0.2, 0.25) is 0 Å². The second-order valence-electron chi connectivity index (χ2n) is 4.87. The smallest absolute Gasteiger partial charge is 0.342 e. The molecule has 3 N–H and O–H groups in total. The fraction of sp³-hybridized carbons (Fsp3) is 0.0667. The van der Waals surface area contributed by atoms with Crippen LogP contribution in [0, 0.1) is 10.1 Å². The number of ether oxygens (including phenoxy) is 1. The van der Waals surface area contributed by atoms with E-state index in [2.05, 4.69) is 37.2 Å². The number of non-ortho nitro benzene ring substituents is 1. The molecule has 0 radical (unpaired) electrons. The van der Waals surface area contributed by atoms with E-state index in [1.807, 2.05) is 0 Å². The number of benzene rings is 2. The lowest BCUT2D eigenvalue weighted by Crippen LogP contribution is -2.21. The highest BCUT2D eigenvalue weighted by Gasteiger charge is 2.18. The van der Waals surface area contributed by atoms with E-state index in [9.17, 15) is 29.9 Å². The number of hydrogen-bond acceptors (Lipinski definition) is 7. The van der Waals surface area contributed by atoms with Crippen molar-refractivity contribution >= 4 is 55.1 Å². The molecule has 0 heterocycles. The molecule has 0 aliphatic carbocycles. The van der Waals surface area contributed by atoms with Gasteiger partial charge in [0, 0.05) is 27.1 Å². The van der Waals surface area contributed by atoms with Gasteiger partial charge in [-0.15, -0.1) is 0 Å². The predicted molar refractivity (Wildman–Crippen MR) is 97.2 cm³/mol. The quantitative estimate of drug-likeness (QED) is 0.332. The molecule has 2 aromatic carbocycles. The number of esters is 1. The first-order valence-corrected chi connectivity index (χ1v) is 8.40. The molecule has 0 saturated carbocycles. The van der Waals surface area contributed by atoms with Crippen LogP contribution in [-0.2, 0) is 9.53 Å². The van der Waals surface area contributed by atoms with Crippen LogP contribution in [-0.4, -0.2) is 33.6 Å². The van der Waals surface area contributed by atoms with Crippen LogP contribution in [0.15, 0.2) is 39.3 Å². The zero-order valence-electron chi connectivity index (χ0n) is 12.7. The van der Waals surface area contributed by atoms with Gasteiger partial charge >= 0.3 is 5.97 Å². The maximum Gasteiger partial charge on any atom is 0.342 e. The zero-order chi connectivity index (χ0) is 19.4. The van der Waals surface area contributed by atoms with Crippen molar-refractivity contribution in [3.63, 3.8) is 0 Å². The van der Waals surface area contributed by atoms with Gasteiger partial charge in [-0.25, -0.2) is 4.79 Å². The molecule has 0 aliphatic heterocycles. The van der Waals surface area contributed by atoms with Gasteiger partial charge in [0.1, 0.15) is 17.1 Å². The number of nitrogens with one attached hydrogen (secondary N) is 1. The van der Waals surface area contributed by atoms with Crippen molar-refractivity contribution in [2.45, 2.75) is 0 Å². The molecule has 0 bridgehead atoms. The van der Waals surface area contributed by atoms with Crippen LogP contribution in [0.5, 0.6) is 11.5 Å². The van der Waals surface area contributed by atoms with E-state index in [0.717, 1.165) is 12.1 Å². The Balaban J connectivity index is 2.03. The van der Waals surface area contributed by atoms with E-state index < -0.39 is 29.2 Å². The number of halogens is 2. The Kier molecular flexibility index (Phi) is 6.16. The highest BCUT2D eigenvalue weighted by molar-refractivity contribution is 9.11. The first-order valence-electron chi connectivity index (χ1n) is 6.81. The molecule has 0 unspecified atom stereocenters. The summed E-state index contributed by atoms with van der Waals surface area (Å²) >= 11 is 6.23. The zero-order valence-corrected chi connectivity index (χ0v) is 15.9. The van der Waals surface area contributed by atoms with E-state index in [0.29, 0.717) is 0 Å². The molecule has 0 aliphatic rings. The third-order valence-electron chi connectivity index (χ3n) is 3.04. The number of carbonyl (C=O) groups is 2. The third kappa shape index (κ3) is 4.70. The summed E-state index contributed by atoms with van der Waals surface area (Å²) in [5, 5.41) is 32.0. The Morgan fingerprint density at radius 2 is 1.77 bits per heavy atom. The number of nitro benzene ring substituents is 1. The summed E-state index contributed by atoms with van der Waals surface area (Å²) in [6.45, 7) is -0.658. The Labute approximate surface area is 163 Å². The molecule has 11 heteroatoms. The number of nitrogens with zero attached hydrogens (tertiary/aromatic N) is 1. The van der Waals surface area contributed by atoms with Gasteiger partial charge in [0.15, 0.2) is 6.61 Å². The summed E-state index contributed by atoms with van der Waals surface area (Å²) in [7, 11) is 0. The first-order chi connectivity index (χ1) is 12.2. The Bertz CT molecular complexity index is 879. The molecule has 2 aromatic rings. The highest BCUT2D eigenvalue weighted by Crippen LogP contribution is 2.35. The van der Waals surface area contributed by atoms with Crippen molar-refractivity contribution < 1.29 is 29.5 Å². The SMILES string of the molecule is O=C(COC(=O)c1ccc(O)cc1O)Nc1c(Br)cc([N+](=O)[O-])cc1Br. The minimum atomic E-state index is -0.959. The number of hydrogen-bond donors (Lipinski definition) is 3. The number of rotatable bonds is 5. The van der Waals surface area contributed by atoms with Gasteiger partial charge in [0.05, 0.1) is 10.6 Å². The predicted octanol–water partition coefficient (Wildman–Crippen LogP) is 3.33. The molecule has 9 nitrogen and oxygen atoms in total. The van der Waals surface area contributed by atoms with Gasteiger partial charge in [-0.05, 0) is 44.0 Å². The lowest BCUT2D eigenvalue weighted by atomic mass is 10.2. The van der Waals surface area contributed by atoms with Crippen LogP contribution in [0.25, 0.3) is 0 Å². The summed E-state index contributed by atoms with van der Waals surface area (Å²) < 4.78 is 5.31. The normalized spacial score (nSPS) is 10.2. The second-order valence-corrected chi connectivity index (χ2v) is 6.58. The highest BCUT2D eigenvalue weighted by atomic mass is 79.9. The van der Waals surface area contributed by atoms with Crippen molar-refractivity contribution in [1.29, 1.82) is 0 Å². The molecule has 1 amide bonds. The number of aromatic hydroxyl groups is 2. The minimum Gasteiger partial charge on any atom is -0.508 e. The van der Waals surface area contributed by atoms with Crippen molar-refractivity contribution in [2.75, 3.05) is 11.9 Å². The molecule has 26 heavy (non-hydrogen) atoms. The molecular weight excluding hydrogens is 480 g/mol. The first kappa shape index (κ1) is 19.7. The summed E-state index contributed by atoms with van der Waals surface area (Å²) in [6, 6.07) is 5.71. The largest absolute Gasteiger partial charge is 0.508 e. The monoisotopic (exact) mass is 488 g/mol. The Morgan fingerprint density at radius 1 is 1.15 bits per heavy atom. The number of nitro groups is 1. The van der Waals surface area contributed by atoms with Crippen molar-refractivity contribution in [1.82, 2.24) is 0 Å². The van der Waals surface area contributed by atoms with Gasteiger partial charge in [0.25, 0.3) is 11.6 Å². The summed E-state index contributed by atoms with van der Waals surface area (Å²) in [5.74, 6) is -2.38. The van der Waals surface area contributed by atoms with Gasteiger partial charge in [-0.2, -0.15) is 0 Å². The molecule has 0 aromatic heterocycles. The Hall–Kier alpha value is -2.66. The number of amides is 1. The topological polar surface area (TPSA) is 139 Å². The maximum atomic E-state index is 11.9. The second kappa shape index (κ2) is 8.15. The average molecular weight is 490 g/mol. The van der Waals surface area contributed by atoms with Crippen LogP contribution in [0.3, 0.4) is 0 Å². The van der Waals surface area contributed by atoms with Crippen molar-refractivity contribution in [2.24, 2.45) is 0 Å². The van der Waals surface area contributed by atoms with Crippen LogP contribution in [0.4, 0.5) is 11.4 Å². The molecular formula is C15H10Br2N2O7. The van der Waals surface area contributed by atoms with Gasteiger partial charge in [-0.3, -0.25) is 14.9 Å². The van der Waals surface area contributed by atoms with Crippen molar-refractivity contribution in [3.8, 4) is 11.5 Å². The molecule has 136 valence electrons. The van der Waals surface area contributed by atoms with E-state index in [4.69, 9.17) is 4.74 Å². The molecule has 0 fully saturated rings. The number of phenolic OH excluding ortho intramolecular Hbond substituents is 2.